The van der Waals surface area contributed by atoms with Crippen LogP contribution in [0.5, 0.6) is 0 Å². The van der Waals surface area contributed by atoms with Gasteiger partial charge in [-0.25, -0.2) is 0 Å². The molecule has 0 amide bonds. The number of benzene rings is 1. The highest BCUT2D eigenvalue weighted by Crippen LogP contribution is 2.65. The summed E-state index contributed by atoms with van der Waals surface area (Å²) in [5, 5.41) is 9.41. The van der Waals surface area contributed by atoms with E-state index in [0.29, 0.717) is 5.41 Å². The highest BCUT2D eigenvalue weighted by Gasteiger charge is 2.58. The van der Waals surface area contributed by atoms with Gasteiger partial charge in [0.1, 0.15) is 0 Å². The number of hydrogen-bond donors (Lipinski definition) is 0. The number of anilines is 1. The van der Waals surface area contributed by atoms with Crippen LogP contribution in [0.4, 0.5) is 5.69 Å². The van der Waals surface area contributed by atoms with Gasteiger partial charge in [-0.2, -0.15) is 10.2 Å². The van der Waals surface area contributed by atoms with Crippen LogP contribution in [0.25, 0.3) is 0 Å². The van der Waals surface area contributed by atoms with Crippen molar-refractivity contribution < 1.29 is 0 Å². The van der Waals surface area contributed by atoms with Crippen LogP contribution >= 0.6 is 0 Å². The molecule has 0 N–H and O–H groups in total. The van der Waals surface area contributed by atoms with Crippen molar-refractivity contribution in [2.75, 3.05) is 19.0 Å². The van der Waals surface area contributed by atoms with E-state index in [-0.39, 0.29) is 5.41 Å². The van der Waals surface area contributed by atoms with E-state index in [2.05, 4.69) is 62.2 Å². The smallest absolute Gasteiger partial charge is 0.0568 e. The maximum absolute atomic E-state index is 4.84. The normalized spacial score (nSPS) is 41.1. The topological polar surface area (TPSA) is 28.0 Å². The Labute approximate surface area is 189 Å². The molecule has 31 heavy (non-hydrogen) atoms. The molecule has 3 nitrogen and oxygen atoms in total. The van der Waals surface area contributed by atoms with Crippen LogP contribution in [0.15, 0.2) is 34.5 Å². The van der Waals surface area contributed by atoms with Crippen molar-refractivity contribution in [1.82, 2.24) is 0 Å². The average Bonchev–Trinajstić information content (AvgIpc) is 3.10. The lowest BCUT2D eigenvalue weighted by molar-refractivity contribution is -0.0936. The molecule has 0 unspecified atom stereocenters. The molecule has 1 aromatic rings. The predicted octanol–water partition coefficient (Wildman–Crippen LogP) is 6.96. The lowest BCUT2D eigenvalue weighted by Crippen LogP contribution is -2.52. The van der Waals surface area contributed by atoms with E-state index in [9.17, 15) is 0 Å². The first kappa shape index (κ1) is 21.2. The van der Waals surface area contributed by atoms with Crippen molar-refractivity contribution in [1.29, 1.82) is 0 Å². The summed E-state index contributed by atoms with van der Waals surface area (Å²) >= 11 is 0. The van der Waals surface area contributed by atoms with Crippen LogP contribution in [-0.4, -0.2) is 26.0 Å². The molecule has 3 heteroatoms. The summed E-state index contributed by atoms with van der Waals surface area (Å²) in [6.07, 6.45) is 16.1. The standard InChI is InChI=1S/C28H41N3/c1-27-17-6-5-7-21(27)10-13-23-24-14-15-26(28(24,2)18-16-25(23)27)30-29-19-20-8-11-22(12-9-20)31(3)4/h8-9,11-12,19,21,23-25H,5-7,10,13-18H2,1-4H3/t21-,23+,24+,25+,27-,28-/m0/s1. The van der Waals surface area contributed by atoms with Crippen molar-refractivity contribution in [3.05, 3.63) is 29.8 Å². The van der Waals surface area contributed by atoms with Gasteiger partial charge in [-0.3, -0.25) is 0 Å². The summed E-state index contributed by atoms with van der Waals surface area (Å²) < 4.78 is 0. The molecule has 168 valence electrons. The molecule has 1 aromatic carbocycles. The summed E-state index contributed by atoms with van der Waals surface area (Å²) in [6, 6.07) is 8.55. The molecule has 5 rings (SSSR count). The van der Waals surface area contributed by atoms with E-state index >= 15 is 0 Å². The zero-order chi connectivity index (χ0) is 21.6. The van der Waals surface area contributed by atoms with Crippen molar-refractivity contribution >= 4 is 17.6 Å². The van der Waals surface area contributed by atoms with Gasteiger partial charge in [0.25, 0.3) is 0 Å². The number of nitrogens with zero attached hydrogens (tertiary/aromatic N) is 3. The van der Waals surface area contributed by atoms with Crippen molar-refractivity contribution in [3.63, 3.8) is 0 Å². The van der Waals surface area contributed by atoms with E-state index in [0.717, 1.165) is 35.7 Å². The monoisotopic (exact) mass is 419 g/mol. The Kier molecular flexibility index (Phi) is 5.51. The van der Waals surface area contributed by atoms with Crippen LogP contribution in [-0.2, 0) is 0 Å². The second kappa shape index (κ2) is 8.05. The summed E-state index contributed by atoms with van der Waals surface area (Å²) in [7, 11) is 4.14. The quantitative estimate of drug-likeness (QED) is 0.384. The molecule has 0 bridgehead atoms. The minimum Gasteiger partial charge on any atom is -0.378 e. The highest BCUT2D eigenvalue weighted by molar-refractivity contribution is 5.93. The van der Waals surface area contributed by atoms with Gasteiger partial charge in [-0.1, -0.05) is 38.8 Å². The Balaban J connectivity index is 1.32. The van der Waals surface area contributed by atoms with E-state index in [1.54, 1.807) is 0 Å². The molecule has 4 aliphatic carbocycles. The van der Waals surface area contributed by atoms with E-state index in [1.165, 1.54) is 69.2 Å². The van der Waals surface area contributed by atoms with Crippen LogP contribution in [0.3, 0.4) is 0 Å². The van der Waals surface area contributed by atoms with Crippen LogP contribution < -0.4 is 4.90 Å². The Bertz CT molecular complexity index is 854. The first-order chi connectivity index (χ1) is 14.9. The minimum absolute atomic E-state index is 0.283. The Morgan fingerprint density at radius 2 is 1.71 bits per heavy atom. The van der Waals surface area contributed by atoms with Gasteiger partial charge in [0, 0.05) is 30.9 Å². The zero-order valence-corrected chi connectivity index (χ0v) is 20.1. The highest BCUT2D eigenvalue weighted by atomic mass is 15.2. The Morgan fingerprint density at radius 3 is 2.48 bits per heavy atom. The Morgan fingerprint density at radius 1 is 0.903 bits per heavy atom. The van der Waals surface area contributed by atoms with Gasteiger partial charge in [0.2, 0.25) is 0 Å². The average molecular weight is 420 g/mol. The molecule has 4 saturated carbocycles. The molecule has 0 radical (unpaired) electrons. The molecule has 0 aliphatic heterocycles. The number of fused-ring (bicyclic) bond motifs is 5. The van der Waals surface area contributed by atoms with Crippen molar-refractivity contribution in [3.8, 4) is 0 Å². The van der Waals surface area contributed by atoms with Gasteiger partial charge in [-0.05, 0) is 98.1 Å². The number of hydrogen-bond acceptors (Lipinski definition) is 3. The molecule has 0 aromatic heterocycles. The van der Waals surface area contributed by atoms with E-state index in [1.807, 2.05) is 6.21 Å². The van der Waals surface area contributed by atoms with Gasteiger partial charge in [0.15, 0.2) is 0 Å². The fourth-order valence-corrected chi connectivity index (χ4v) is 8.27. The fourth-order valence-electron chi connectivity index (χ4n) is 8.27. The van der Waals surface area contributed by atoms with E-state index < -0.39 is 0 Å². The van der Waals surface area contributed by atoms with Crippen molar-refractivity contribution in [2.24, 2.45) is 44.7 Å². The molecule has 0 heterocycles. The Hall–Kier alpha value is -1.64. The third kappa shape index (κ3) is 3.56. The van der Waals surface area contributed by atoms with Crippen LogP contribution in [0.1, 0.15) is 83.6 Å². The van der Waals surface area contributed by atoms with Gasteiger partial charge >= 0.3 is 0 Å². The maximum Gasteiger partial charge on any atom is 0.0568 e. The third-order valence-corrected chi connectivity index (χ3v) is 10.1. The molecular formula is C28H41N3. The second-order valence-corrected chi connectivity index (χ2v) is 11.7. The van der Waals surface area contributed by atoms with Gasteiger partial charge < -0.3 is 4.90 Å². The summed E-state index contributed by atoms with van der Waals surface area (Å²) in [6.45, 7) is 5.20. The van der Waals surface area contributed by atoms with Crippen LogP contribution in [0.2, 0.25) is 0 Å². The first-order valence-corrected chi connectivity index (χ1v) is 12.8. The first-order valence-electron chi connectivity index (χ1n) is 12.8. The molecular weight excluding hydrogens is 378 g/mol. The molecule has 4 aliphatic rings. The second-order valence-electron chi connectivity index (χ2n) is 11.7. The number of rotatable bonds is 3. The van der Waals surface area contributed by atoms with E-state index in [4.69, 9.17) is 5.10 Å². The van der Waals surface area contributed by atoms with Crippen LogP contribution in [0, 0.1) is 34.5 Å². The largest absolute Gasteiger partial charge is 0.378 e. The molecule has 4 fully saturated rings. The van der Waals surface area contributed by atoms with Gasteiger partial charge in [-0.15, -0.1) is 0 Å². The predicted molar refractivity (Wildman–Crippen MR) is 132 cm³/mol. The summed E-state index contributed by atoms with van der Waals surface area (Å²) in [5.74, 6) is 3.72. The minimum atomic E-state index is 0.283. The third-order valence-electron chi connectivity index (χ3n) is 10.1. The maximum atomic E-state index is 4.84. The zero-order valence-electron chi connectivity index (χ0n) is 20.1. The fraction of sp³-hybridized carbons (Fsp3) is 0.714. The molecule has 6 atom stereocenters. The summed E-state index contributed by atoms with van der Waals surface area (Å²) in [5.41, 5.74) is 4.63. The summed E-state index contributed by atoms with van der Waals surface area (Å²) in [4.78, 5) is 2.12. The lowest BCUT2D eigenvalue weighted by Gasteiger charge is -2.59. The molecule has 0 spiro atoms. The van der Waals surface area contributed by atoms with Gasteiger partial charge in [0.05, 0.1) is 6.21 Å². The van der Waals surface area contributed by atoms with Crippen molar-refractivity contribution in [2.45, 2.75) is 78.1 Å². The molecule has 0 saturated heterocycles. The lowest BCUT2D eigenvalue weighted by atomic mass is 9.45. The SMILES string of the molecule is CN(C)c1ccc(C=NN=C2CC[C@@H]3[C@H]4CC[C@@H]5CCCC[C@]5(C)[C@@H]4CC[C@]23C)cc1.